The Kier molecular flexibility index (Phi) is 4.69. The van der Waals surface area contributed by atoms with Gasteiger partial charge in [0.1, 0.15) is 6.04 Å². The molecule has 6 nitrogen and oxygen atoms in total. The van der Waals surface area contributed by atoms with Crippen molar-refractivity contribution in [2.75, 3.05) is 13.6 Å². The summed E-state index contributed by atoms with van der Waals surface area (Å²) in [6.07, 6.45) is -0.746. The summed E-state index contributed by atoms with van der Waals surface area (Å²) in [6, 6.07) is 5.73. The molecule has 1 aliphatic rings. The first kappa shape index (κ1) is 15.6. The minimum atomic E-state index is -1.11. The Bertz CT molecular complexity index is 552. The first-order valence-corrected chi connectivity index (χ1v) is 6.94. The molecule has 0 unspecified atom stereocenters. The van der Waals surface area contributed by atoms with Crippen LogP contribution in [-0.2, 0) is 11.3 Å². The topological polar surface area (TPSA) is 81.1 Å². The van der Waals surface area contributed by atoms with Crippen LogP contribution in [0.3, 0.4) is 0 Å². The average Bonchev–Trinajstić information content (AvgIpc) is 2.82. The summed E-state index contributed by atoms with van der Waals surface area (Å²) in [7, 11) is 1.58. The third-order valence-corrected chi connectivity index (χ3v) is 3.87. The van der Waals surface area contributed by atoms with Gasteiger partial charge in [-0.25, -0.2) is 9.59 Å². The van der Waals surface area contributed by atoms with Gasteiger partial charge in [-0.15, -0.1) is 0 Å². The molecule has 1 aliphatic heterocycles. The van der Waals surface area contributed by atoms with Crippen LogP contribution in [0.15, 0.2) is 24.3 Å². The van der Waals surface area contributed by atoms with Gasteiger partial charge in [-0.3, -0.25) is 0 Å². The van der Waals surface area contributed by atoms with E-state index in [0.717, 1.165) is 5.56 Å². The molecule has 0 bridgehead atoms. The van der Waals surface area contributed by atoms with Gasteiger partial charge in [-0.05, 0) is 11.6 Å². The SMILES string of the molecule is CN(Cc1ccccc1Cl)C(=O)N1C[C@H](O)C[C@@H]1C(=O)O. The van der Waals surface area contributed by atoms with Crippen LogP contribution in [0.1, 0.15) is 12.0 Å². The molecule has 114 valence electrons. The lowest BCUT2D eigenvalue weighted by atomic mass is 10.2. The Labute approximate surface area is 127 Å². The zero-order chi connectivity index (χ0) is 15.6. The van der Waals surface area contributed by atoms with Crippen molar-refractivity contribution in [1.82, 2.24) is 9.80 Å². The van der Waals surface area contributed by atoms with Gasteiger partial charge in [0.2, 0.25) is 0 Å². The van der Waals surface area contributed by atoms with Gasteiger partial charge in [-0.1, -0.05) is 29.8 Å². The highest BCUT2D eigenvalue weighted by atomic mass is 35.5. The molecule has 2 rings (SSSR count). The molecule has 0 aliphatic carbocycles. The van der Waals surface area contributed by atoms with Crippen LogP contribution in [0.25, 0.3) is 0 Å². The molecular weight excluding hydrogens is 296 g/mol. The molecule has 1 saturated heterocycles. The molecule has 21 heavy (non-hydrogen) atoms. The zero-order valence-corrected chi connectivity index (χ0v) is 12.3. The average molecular weight is 313 g/mol. The number of rotatable bonds is 3. The van der Waals surface area contributed by atoms with Crippen LogP contribution in [0.2, 0.25) is 5.02 Å². The minimum Gasteiger partial charge on any atom is -0.480 e. The number of carboxylic acids is 1. The Morgan fingerprint density at radius 2 is 2.10 bits per heavy atom. The zero-order valence-electron chi connectivity index (χ0n) is 11.6. The van der Waals surface area contributed by atoms with Crippen molar-refractivity contribution in [3.05, 3.63) is 34.9 Å². The Morgan fingerprint density at radius 1 is 1.43 bits per heavy atom. The van der Waals surface area contributed by atoms with E-state index < -0.39 is 24.1 Å². The normalized spacial score (nSPS) is 21.4. The largest absolute Gasteiger partial charge is 0.480 e. The fourth-order valence-corrected chi connectivity index (χ4v) is 2.62. The summed E-state index contributed by atoms with van der Waals surface area (Å²) in [6.45, 7) is 0.306. The fourth-order valence-electron chi connectivity index (χ4n) is 2.43. The molecule has 2 amide bonds. The predicted molar refractivity (Wildman–Crippen MR) is 77.1 cm³/mol. The second-order valence-electron chi connectivity index (χ2n) is 5.13. The van der Waals surface area contributed by atoms with E-state index in [2.05, 4.69) is 0 Å². The van der Waals surface area contributed by atoms with E-state index in [9.17, 15) is 14.7 Å². The number of aliphatic hydroxyl groups is 1. The molecule has 0 radical (unpaired) electrons. The van der Waals surface area contributed by atoms with Crippen LogP contribution < -0.4 is 0 Å². The van der Waals surface area contributed by atoms with E-state index >= 15 is 0 Å². The molecule has 1 aromatic rings. The quantitative estimate of drug-likeness (QED) is 0.884. The molecule has 1 heterocycles. The maximum atomic E-state index is 12.4. The van der Waals surface area contributed by atoms with Crippen LogP contribution in [0.4, 0.5) is 4.79 Å². The summed E-state index contributed by atoms with van der Waals surface area (Å²) >= 11 is 6.05. The lowest BCUT2D eigenvalue weighted by molar-refractivity contribution is -0.141. The van der Waals surface area contributed by atoms with Gasteiger partial charge in [-0.2, -0.15) is 0 Å². The molecule has 0 saturated carbocycles. The first-order valence-electron chi connectivity index (χ1n) is 6.56. The lowest BCUT2D eigenvalue weighted by Gasteiger charge is -2.27. The number of aliphatic carboxylic acids is 1. The predicted octanol–water partition coefficient (Wildman–Crippen LogP) is 1.41. The van der Waals surface area contributed by atoms with E-state index in [0.29, 0.717) is 5.02 Å². The highest BCUT2D eigenvalue weighted by Crippen LogP contribution is 2.22. The van der Waals surface area contributed by atoms with Crippen molar-refractivity contribution in [3.63, 3.8) is 0 Å². The number of β-amino-alcohol motifs (C(OH)–C–C–N with tert-alkyl or cyclic N) is 1. The van der Waals surface area contributed by atoms with Gasteiger partial charge in [0.25, 0.3) is 0 Å². The third kappa shape index (κ3) is 3.46. The lowest BCUT2D eigenvalue weighted by Crippen LogP contribution is -2.46. The number of hydrogen-bond acceptors (Lipinski definition) is 3. The van der Waals surface area contributed by atoms with E-state index in [-0.39, 0.29) is 19.5 Å². The Balaban J connectivity index is 2.08. The highest BCUT2D eigenvalue weighted by molar-refractivity contribution is 6.31. The smallest absolute Gasteiger partial charge is 0.326 e. The number of carboxylic acid groups (broad SMARTS) is 1. The molecule has 7 heteroatoms. The van der Waals surface area contributed by atoms with Gasteiger partial charge in [0.05, 0.1) is 6.10 Å². The number of hydrogen-bond donors (Lipinski definition) is 2. The summed E-state index contributed by atoms with van der Waals surface area (Å²) in [5.74, 6) is -1.11. The second kappa shape index (κ2) is 6.32. The molecule has 0 aromatic heterocycles. The number of nitrogens with zero attached hydrogens (tertiary/aromatic N) is 2. The monoisotopic (exact) mass is 312 g/mol. The van der Waals surface area contributed by atoms with Gasteiger partial charge < -0.3 is 20.0 Å². The van der Waals surface area contributed by atoms with E-state index in [1.54, 1.807) is 25.2 Å². The van der Waals surface area contributed by atoms with Crippen LogP contribution in [0.5, 0.6) is 0 Å². The number of benzene rings is 1. The highest BCUT2D eigenvalue weighted by Gasteiger charge is 2.40. The molecular formula is C14H17ClN2O4. The third-order valence-electron chi connectivity index (χ3n) is 3.50. The number of urea groups is 1. The number of amides is 2. The maximum Gasteiger partial charge on any atom is 0.326 e. The second-order valence-corrected chi connectivity index (χ2v) is 5.53. The summed E-state index contributed by atoms with van der Waals surface area (Å²) < 4.78 is 0. The molecule has 1 fully saturated rings. The number of carbonyl (C=O) groups excluding carboxylic acids is 1. The van der Waals surface area contributed by atoms with Gasteiger partial charge in [0, 0.05) is 31.6 Å². The van der Waals surface area contributed by atoms with Crippen molar-refractivity contribution in [2.24, 2.45) is 0 Å². The summed E-state index contributed by atoms with van der Waals surface area (Å²) in [4.78, 5) is 26.1. The van der Waals surface area contributed by atoms with Crippen LogP contribution >= 0.6 is 11.6 Å². The van der Waals surface area contributed by atoms with Gasteiger partial charge >= 0.3 is 12.0 Å². The minimum absolute atomic E-state index is 0.0304. The molecule has 2 N–H and O–H groups in total. The van der Waals surface area contributed by atoms with Crippen LogP contribution in [-0.4, -0.2) is 57.8 Å². The summed E-state index contributed by atoms with van der Waals surface area (Å²) in [5, 5.41) is 19.3. The van der Waals surface area contributed by atoms with E-state index in [1.165, 1.54) is 9.80 Å². The van der Waals surface area contributed by atoms with E-state index in [1.807, 2.05) is 6.07 Å². The standard InChI is InChI=1S/C14H17ClN2O4/c1-16(7-9-4-2-3-5-11(9)15)14(21)17-8-10(18)6-12(17)13(19)20/h2-5,10,12,18H,6-8H2,1H3,(H,19,20)/t10-,12-/m1/s1. The van der Waals surface area contributed by atoms with Crippen molar-refractivity contribution in [1.29, 1.82) is 0 Å². The Hall–Kier alpha value is -1.79. The number of carbonyl (C=O) groups is 2. The molecule has 2 atom stereocenters. The summed E-state index contributed by atoms with van der Waals surface area (Å²) in [5.41, 5.74) is 0.779. The number of likely N-dealkylation sites (tertiary alicyclic amines) is 1. The Morgan fingerprint density at radius 3 is 2.71 bits per heavy atom. The van der Waals surface area contributed by atoms with Crippen molar-refractivity contribution in [3.8, 4) is 0 Å². The fraction of sp³-hybridized carbons (Fsp3) is 0.429. The number of halogens is 1. The molecule has 1 aromatic carbocycles. The van der Waals surface area contributed by atoms with Crippen molar-refractivity contribution >= 4 is 23.6 Å². The van der Waals surface area contributed by atoms with E-state index in [4.69, 9.17) is 16.7 Å². The van der Waals surface area contributed by atoms with Crippen molar-refractivity contribution < 1.29 is 19.8 Å². The first-order chi connectivity index (χ1) is 9.90. The van der Waals surface area contributed by atoms with Gasteiger partial charge in [0.15, 0.2) is 0 Å². The number of aliphatic hydroxyl groups excluding tert-OH is 1. The maximum absolute atomic E-state index is 12.4. The van der Waals surface area contributed by atoms with Crippen molar-refractivity contribution in [2.45, 2.75) is 25.1 Å². The van der Waals surface area contributed by atoms with Crippen LogP contribution in [0, 0.1) is 0 Å². The molecule has 0 spiro atoms.